The van der Waals surface area contributed by atoms with Crippen LogP contribution in [0.4, 0.5) is 0 Å². The van der Waals surface area contributed by atoms with Crippen molar-refractivity contribution in [2.75, 3.05) is 6.54 Å². The van der Waals surface area contributed by atoms with E-state index >= 15 is 0 Å². The van der Waals surface area contributed by atoms with Gasteiger partial charge in [-0.3, -0.25) is 9.59 Å². The van der Waals surface area contributed by atoms with Crippen LogP contribution in [0.25, 0.3) is 0 Å². The van der Waals surface area contributed by atoms with E-state index in [1.165, 1.54) is 0 Å². The summed E-state index contributed by atoms with van der Waals surface area (Å²) in [5.74, 6) is -1.03. The van der Waals surface area contributed by atoms with Crippen LogP contribution in [0.5, 0.6) is 0 Å². The minimum Gasteiger partial charge on any atom is -0.481 e. The molecule has 0 saturated carbocycles. The number of amides is 1. The van der Waals surface area contributed by atoms with Crippen molar-refractivity contribution >= 4 is 11.9 Å². The van der Waals surface area contributed by atoms with Crippen molar-refractivity contribution in [3.8, 4) is 0 Å². The smallest absolute Gasteiger partial charge is 0.305 e. The molecule has 5 nitrogen and oxygen atoms in total. The second kappa shape index (κ2) is 7.05. The molecule has 1 saturated heterocycles. The van der Waals surface area contributed by atoms with E-state index in [0.29, 0.717) is 0 Å². The van der Waals surface area contributed by atoms with Crippen LogP contribution in [-0.2, 0) is 9.59 Å². The third kappa shape index (κ3) is 4.06. The number of hydrogen-bond acceptors (Lipinski definition) is 3. The lowest BCUT2D eigenvalue weighted by Gasteiger charge is -2.25. The first-order valence-electron chi connectivity index (χ1n) is 6.97. The SMILES string of the molecule is O=C(O)CC(NC(=O)[C@H]1CCCCN1)c1ccccc1. The van der Waals surface area contributed by atoms with E-state index in [2.05, 4.69) is 10.6 Å². The molecule has 3 N–H and O–H groups in total. The average molecular weight is 276 g/mol. The number of carbonyl (C=O) groups excluding carboxylic acids is 1. The third-order valence-electron chi connectivity index (χ3n) is 3.52. The van der Waals surface area contributed by atoms with Gasteiger partial charge in [0.25, 0.3) is 0 Å². The van der Waals surface area contributed by atoms with Crippen LogP contribution in [0, 0.1) is 0 Å². The maximum atomic E-state index is 12.2. The molecule has 1 aromatic carbocycles. The standard InChI is InChI=1S/C15H20N2O3/c18-14(19)10-13(11-6-2-1-3-7-11)17-15(20)12-8-4-5-9-16-12/h1-3,6-7,12-13,16H,4-5,8-10H2,(H,17,20)(H,18,19)/t12-,13?/m1/s1. The number of hydrogen-bond donors (Lipinski definition) is 3. The highest BCUT2D eigenvalue weighted by molar-refractivity contribution is 5.83. The fraction of sp³-hybridized carbons (Fsp3) is 0.467. The Hall–Kier alpha value is -1.88. The summed E-state index contributed by atoms with van der Waals surface area (Å²) in [6.45, 7) is 0.840. The van der Waals surface area contributed by atoms with Crippen LogP contribution in [0.2, 0.25) is 0 Å². The van der Waals surface area contributed by atoms with Crippen LogP contribution >= 0.6 is 0 Å². The Balaban J connectivity index is 2.03. The molecule has 1 aliphatic heterocycles. The molecule has 1 amide bonds. The molecule has 108 valence electrons. The molecule has 1 unspecified atom stereocenters. The van der Waals surface area contributed by atoms with E-state index < -0.39 is 12.0 Å². The minimum absolute atomic E-state index is 0.109. The maximum absolute atomic E-state index is 12.2. The topological polar surface area (TPSA) is 78.4 Å². The summed E-state index contributed by atoms with van der Waals surface area (Å²) in [6, 6.07) is 8.54. The monoisotopic (exact) mass is 276 g/mol. The summed E-state index contributed by atoms with van der Waals surface area (Å²) in [7, 11) is 0. The highest BCUT2D eigenvalue weighted by Crippen LogP contribution is 2.17. The number of piperidine rings is 1. The summed E-state index contributed by atoms with van der Waals surface area (Å²) in [4.78, 5) is 23.2. The molecular formula is C15H20N2O3. The highest BCUT2D eigenvalue weighted by atomic mass is 16.4. The van der Waals surface area contributed by atoms with E-state index in [1.807, 2.05) is 30.3 Å². The Morgan fingerprint density at radius 1 is 1.30 bits per heavy atom. The van der Waals surface area contributed by atoms with Crippen molar-refractivity contribution in [2.24, 2.45) is 0 Å². The summed E-state index contributed by atoms with van der Waals surface area (Å²) in [5, 5.41) is 15.0. The van der Waals surface area contributed by atoms with Crippen molar-refractivity contribution in [1.29, 1.82) is 0 Å². The predicted octanol–water partition coefficient (Wildman–Crippen LogP) is 1.46. The van der Waals surface area contributed by atoms with E-state index in [-0.39, 0.29) is 18.4 Å². The van der Waals surface area contributed by atoms with Gasteiger partial charge in [0.15, 0.2) is 0 Å². The van der Waals surface area contributed by atoms with Gasteiger partial charge in [-0.15, -0.1) is 0 Å². The fourth-order valence-corrected chi connectivity index (χ4v) is 2.46. The van der Waals surface area contributed by atoms with Crippen molar-refractivity contribution < 1.29 is 14.7 Å². The van der Waals surface area contributed by atoms with Gasteiger partial charge in [-0.1, -0.05) is 36.8 Å². The lowest BCUT2D eigenvalue weighted by molar-refractivity contribution is -0.137. The predicted molar refractivity (Wildman–Crippen MR) is 75.2 cm³/mol. The first-order chi connectivity index (χ1) is 9.66. The number of carboxylic acid groups (broad SMARTS) is 1. The van der Waals surface area contributed by atoms with Crippen molar-refractivity contribution in [3.63, 3.8) is 0 Å². The number of aliphatic carboxylic acids is 1. The van der Waals surface area contributed by atoms with Gasteiger partial charge in [0.2, 0.25) is 5.91 Å². The zero-order valence-electron chi connectivity index (χ0n) is 11.3. The van der Waals surface area contributed by atoms with Crippen molar-refractivity contribution in [2.45, 2.75) is 37.8 Å². The van der Waals surface area contributed by atoms with Gasteiger partial charge in [0.1, 0.15) is 0 Å². The molecule has 0 bridgehead atoms. The largest absolute Gasteiger partial charge is 0.481 e. The molecule has 1 heterocycles. The third-order valence-corrected chi connectivity index (χ3v) is 3.52. The van der Waals surface area contributed by atoms with Gasteiger partial charge >= 0.3 is 5.97 Å². The number of benzene rings is 1. The van der Waals surface area contributed by atoms with E-state index in [4.69, 9.17) is 5.11 Å². The second-order valence-electron chi connectivity index (χ2n) is 5.07. The molecule has 0 aromatic heterocycles. The van der Waals surface area contributed by atoms with Crippen LogP contribution in [0.15, 0.2) is 30.3 Å². The quantitative estimate of drug-likeness (QED) is 0.761. The molecule has 20 heavy (non-hydrogen) atoms. The van der Waals surface area contributed by atoms with Gasteiger partial charge < -0.3 is 15.7 Å². The highest BCUT2D eigenvalue weighted by Gasteiger charge is 2.24. The van der Waals surface area contributed by atoms with Gasteiger partial charge in [0.05, 0.1) is 18.5 Å². The van der Waals surface area contributed by atoms with Crippen LogP contribution in [-0.4, -0.2) is 29.6 Å². The Morgan fingerprint density at radius 3 is 2.65 bits per heavy atom. The zero-order chi connectivity index (χ0) is 14.4. The Bertz CT molecular complexity index is 455. The molecule has 1 aliphatic rings. The molecule has 1 fully saturated rings. The van der Waals surface area contributed by atoms with Crippen molar-refractivity contribution in [3.05, 3.63) is 35.9 Å². The van der Waals surface area contributed by atoms with Gasteiger partial charge in [-0.2, -0.15) is 0 Å². The second-order valence-corrected chi connectivity index (χ2v) is 5.07. The fourth-order valence-electron chi connectivity index (χ4n) is 2.46. The van der Waals surface area contributed by atoms with E-state index in [1.54, 1.807) is 0 Å². The molecule has 2 rings (SSSR count). The molecule has 5 heteroatoms. The van der Waals surface area contributed by atoms with Gasteiger partial charge in [-0.25, -0.2) is 0 Å². The minimum atomic E-state index is -0.921. The van der Waals surface area contributed by atoms with Crippen LogP contribution in [0.1, 0.15) is 37.3 Å². The van der Waals surface area contributed by atoms with Crippen LogP contribution < -0.4 is 10.6 Å². The van der Waals surface area contributed by atoms with E-state index in [9.17, 15) is 9.59 Å². The summed E-state index contributed by atoms with van der Waals surface area (Å²) in [5.41, 5.74) is 0.819. The van der Waals surface area contributed by atoms with E-state index in [0.717, 1.165) is 31.4 Å². The molecule has 1 aromatic rings. The lowest BCUT2D eigenvalue weighted by atomic mass is 10.0. The molecule has 0 aliphatic carbocycles. The molecular weight excluding hydrogens is 256 g/mol. The lowest BCUT2D eigenvalue weighted by Crippen LogP contribution is -2.47. The molecule has 0 spiro atoms. The first kappa shape index (κ1) is 14.5. The number of rotatable bonds is 5. The number of nitrogens with one attached hydrogen (secondary N) is 2. The van der Waals surface area contributed by atoms with Gasteiger partial charge in [0, 0.05) is 0 Å². The summed E-state index contributed by atoms with van der Waals surface area (Å²) < 4.78 is 0. The van der Waals surface area contributed by atoms with Crippen molar-refractivity contribution in [1.82, 2.24) is 10.6 Å². The normalized spacial score (nSPS) is 20.1. The van der Waals surface area contributed by atoms with Crippen LogP contribution in [0.3, 0.4) is 0 Å². The summed E-state index contributed by atoms with van der Waals surface area (Å²) >= 11 is 0. The average Bonchev–Trinajstić information content (AvgIpc) is 2.48. The Kier molecular flexibility index (Phi) is 5.12. The zero-order valence-corrected chi connectivity index (χ0v) is 11.3. The van der Waals surface area contributed by atoms with Gasteiger partial charge in [-0.05, 0) is 24.9 Å². The Labute approximate surface area is 118 Å². The number of carboxylic acids is 1. The molecule has 0 radical (unpaired) electrons. The maximum Gasteiger partial charge on any atom is 0.305 e. The number of carbonyl (C=O) groups is 2. The first-order valence-corrected chi connectivity index (χ1v) is 6.97. The summed E-state index contributed by atoms with van der Waals surface area (Å²) in [6.07, 6.45) is 2.81. The molecule has 2 atom stereocenters. The Morgan fingerprint density at radius 2 is 2.05 bits per heavy atom.